The number of hydrogen-bond donors (Lipinski definition) is 8. The molecule has 0 aromatic heterocycles. The summed E-state index contributed by atoms with van der Waals surface area (Å²) in [5.41, 5.74) is 16.1. The van der Waals surface area contributed by atoms with E-state index >= 15 is 0 Å². The van der Waals surface area contributed by atoms with E-state index in [4.69, 9.17) is 17.2 Å². The first-order chi connectivity index (χ1) is 14.9. The number of nitrogens with zero attached hydrogens (tertiary/aromatic N) is 1. The number of aliphatic hydroxyl groups excluding tert-OH is 1. The van der Waals surface area contributed by atoms with Crippen molar-refractivity contribution in [1.82, 2.24) is 16.0 Å². The van der Waals surface area contributed by atoms with Crippen molar-refractivity contribution in [2.45, 2.75) is 63.4 Å². The zero-order valence-electron chi connectivity index (χ0n) is 18.5. The lowest BCUT2D eigenvalue weighted by Gasteiger charge is -2.24. The van der Waals surface area contributed by atoms with E-state index in [0.29, 0.717) is 12.2 Å². The number of nitrogens with one attached hydrogen (secondary N) is 3. The van der Waals surface area contributed by atoms with Crippen LogP contribution in [-0.2, 0) is 19.2 Å². The second-order valence-corrected chi connectivity index (χ2v) is 8.17. The van der Waals surface area contributed by atoms with Crippen LogP contribution in [0.25, 0.3) is 0 Å². The van der Waals surface area contributed by atoms with E-state index in [-0.39, 0.29) is 25.3 Å². The molecule has 0 aliphatic rings. The van der Waals surface area contributed by atoms with Crippen molar-refractivity contribution in [3.8, 4) is 0 Å². The number of thioether (sulfide) groups is 1. The van der Waals surface area contributed by atoms with Crippen molar-refractivity contribution in [1.29, 1.82) is 0 Å². The number of carboxylic acids is 1. The van der Waals surface area contributed by atoms with Crippen LogP contribution in [0.3, 0.4) is 0 Å². The van der Waals surface area contributed by atoms with Gasteiger partial charge in [0.05, 0.1) is 6.10 Å². The Kier molecular flexibility index (Phi) is 14.0. The van der Waals surface area contributed by atoms with Crippen molar-refractivity contribution in [2.24, 2.45) is 22.2 Å². The van der Waals surface area contributed by atoms with E-state index in [1.54, 1.807) is 0 Å². The molecule has 0 saturated carbocycles. The maximum atomic E-state index is 12.7. The molecular formula is C18H35N7O6S. The molecule has 0 bridgehead atoms. The van der Waals surface area contributed by atoms with Gasteiger partial charge < -0.3 is 43.4 Å². The van der Waals surface area contributed by atoms with Crippen molar-refractivity contribution >= 4 is 41.4 Å². The van der Waals surface area contributed by atoms with Gasteiger partial charge in [0.1, 0.15) is 24.2 Å². The molecule has 14 heteroatoms. The van der Waals surface area contributed by atoms with Crippen LogP contribution in [0.4, 0.5) is 0 Å². The zero-order chi connectivity index (χ0) is 24.8. The lowest BCUT2D eigenvalue weighted by molar-refractivity contribution is -0.142. The molecule has 0 saturated heterocycles. The number of nitrogens with two attached hydrogens (primary N) is 3. The summed E-state index contributed by atoms with van der Waals surface area (Å²) in [6.07, 6.45) is 1.36. The number of amides is 3. The van der Waals surface area contributed by atoms with Crippen molar-refractivity contribution in [3.63, 3.8) is 0 Å². The molecule has 0 fully saturated rings. The molecule has 0 aromatic rings. The minimum atomic E-state index is -1.25. The van der Waals surface area contributed by atoms with Crippen molar-refractivity contribution < 1.29 is 29.4 Å². The molecule has 0 heterocycles. The Morgan fingerprint density at radius 3 is 2.06 bits per heavy atom. The number of aliphatic carboxylic acids is 1. The fraction of sp³-hybridized carbons (Fsp3) is 0.722. The third-order valence-corrected chi connectivity index (χ3v) is 5.02. The zero-order valence-corrected chi connectivity index (χ0v) is 19.4. The summed E-state index contributed by atoms with van der Waals surface area (Å²) >= 11 is 1.44. The third kappa shape index (κ3) is 11.7. The molecular weight excluding hydrogens is 442 g/mol. The molecule has 0 rings (SSSR count). The number of rotatable bonds is 15. The van der Waals surface area contributed by atoms with Gasteiger partial charge in [-0.25, -0.2) is 4.79 Å². The van der Waals surface area contributed by atoms with Crippen molar-refractivity contribution in [3.05, 3.63) is 0 Å². The number of hydrogen-bond acceptors (Lipinski definition) is 8. The first kappa shape index (κ1) is 29.4. The molecule has 5 unspecified atom stereocenters. The molecule has 11 N–H and O–H groups in total. The Morgan fingerprint density at radius 1 is 0.969 bits per heavy atom. The summed E-state index contributed by atoms with van der Waals surface area (Å²) in [5, 5.41) is 26.0. The molecule has 5 atom stereocenters. The summed E-state index contributed by atoms with van der Waals surface area (Å²) < 4.78 is 0. The number of carbonyl (C=O) groups excluding carboxylic acids is 3. The predicted octanol–water partition coefficient (Wildman–Crippen LogP) is -2.94. The maximum absolute atomic E-state index is 12.7. The van der Waals surface area contributed by atoms with E-state index < -0.39 is 54.0 Å². The number of carbonyl (C=O) groups is 4. The Balaban J connectivity index is 5.13. The van der Waals surface area contributed by atoms with Gasteiger partial charge in [-0.2, -0.15) is 11.8 Å². The maximum Gasteiger partial charge on any atom is 0.326 e. The summed E-state index contributed by atoms with van der Waals surface area (Å²) in [6.45, 7) is 2.93. The number of aliphatic imine (C=N–C) groups is 1. The highest BCUT2D eigenvalue weighted by Crippen LogP contribution is 2.04. The van der Waals surface area contributed by atoms with Gasteiger partial charge in [-0.3, -0.25) is 19.4 Å². The van der Waals surface area contributed by atoms with Crippen LogP contribution in [0, 0.1) is 0 Å². The quantitative estimate of drug-likeness (QED) is 0.0678. The molecule has 0 aliphatic heterocycles. The van der Waals surface area contributed by atoms with Gasteiger partial charge in [0, 0.05) is 6.54 Å². The molecule has 0 radical (unpaired) electrons. The Labute approximate surface area is 191 Å². The van der Waals surface area contributed by atoms with Gasteiger partial charge >= 0.3 is 5.97 Å². The van der Waals surface area contributed by atoms with Crippen LogP contribution < -0.4 is 33.2 Å². The first-order valence-corrected chi connectivity index (χ1v) is 11.4. The normalized spacial score (nSPS) is 15.4. The molecule has 0 aromatic carbocycles. The van der Waals surface area contributed by atoms with Gasteiger partial charge in [-0.05, 0) is 45.1 Å². The molecule has 13 nitrogen and oxygen atoms in total. The lowest BCUT2D eigenvalue weighted by Crippen LogP contribution is -2.57. The molecule has 32 heavy (non-hydrogen) atoms. The fourth-order valence-corrected chi connectivity index (χ4v) is 2.90. The predicted molar refractivity (Wildman–Crippen MR) is 122 cm³/mol. The SMILES string of the molecule is CSCCC(NC(=O)C(C)NC(=O)C(CCCN=C(N)N)NC(=O)C(N)C(C)O)C(=O)O. The minimum absolute atomic E-state index is 0.120. The Morgan fingerprint density at radius 2 is 1.56 bits per heavy atom. The third-order valence-electron chi connectivity index (χ3n) is 4.38. The largest absolute Gasteiger partial charge is 0.480 e. The average Bonchev–Trinajstić information content (AvgIpc) is 2.71. The Hall–Kier alpha value is -2.58. The topological polar surface area (TPSA) is 235 Å². The van der Waals surface area contributed by atoms with E-state index in [1.165, 1.54) is 25.6 Å². The summed E-state index contributed by atoms with van der Waals surface area (Å²) in [5.74, 6) is -2.88. The molecule has 3 amide bonds. The van der Waals surface area contributed by atoms with Gasteiger partial charge in [0.25, 0.3) is 0 Å². The number of carboxylic acid groups (broad SMARTS) is 1. The summed E-state index contributed by atoms with van der Waals surface area (Å²) in [7, 11) is 0. The smallest absolute Gasteiger partial charge is 0.326 e. The van der Waals surface area contributed by atoms with E-state index in [1.807, 2.05) is 6.26 Å². The van der Waals surface area contributed by atoms with Crippen LogP contribution in [0.5, 0.6) is 0 Å². The lowest BCUT2D eigenvalue weighted by atomic mass is 10.1. The molecule has 184 valence electrons. The van der Waals surface area contributed by atoms with Gasteiger partial charge in [0.15, 0.2) is 5.96 Å². The van der Waals surface area contributed by atoms with Gasteiger partial charge in [-0.1, -0.05) is 0 Å². The van der Waals surface area contributed by atoms with Gasteiger partial charge in [0.2, 0.25) is 17.7 Å². The van der Waals surface area contributed by atoms with E-state index in [2.05, 4.69) is 20.9 Å². The van der Waals surface area contributed by atoms with E-state index in [9.17, 15) is 29.4 Å². The number of guanidine groups is 1. The summed E-state index contributed by atoms with van der Waals surface area (Å²) in [6, 6.07) is -4.49. The van der Waals surface area contributed by atoms with Gasteiger partial charge in [-0.15, -0.1) is 0 Å². The molecule has 0 spiro atoms. The van der Waals surface area contributed by atoms with E-state index in [0.717, 1.165) is 0 Å². The van der Waals surface area contributed by atoms with Crippen LogP contribution in [0.2, 0.25) is 0 Å². The highest BCUT2D eigenvalue weighted by Gasteiger charge is 2.29. The average molecular weight is 478 g/mol. The van der Waals surface area contributed by atoms with Crippen molar-refractivity contribution in [2.75, 3.05) is 18.6 Å². The number of aliphatic hydroxyl groups is 1. The van der Waals surface area contributed by atoms with Crippen LogP contribution in [0.1, 0.15) is 33.1 Å². The highest BCUT2D eigenvalue weighted by molar-refractivity contribution is 7.98. The Bertz CT molecular complexity index is 672. The van der Waals surface area contributed by atoms with Crippen LogP contribution in [-0.4, -0.2) is 88.7 Å². The van der Waals surface area contributed by atoms with Crippen LogP contribution >= 0.6 is 11.8 Å². The fourth-order valence-electron chi connectivity index (χ4n) is 2.43. The molecule has 0 aliphatic carbocycles. The second kappa shape index (κ2) is 15.3. The first-order valence-electron chi connectivity index (χ1n) is 10.0. The van der Waals surface area contributed by atoms with Crippen LogP contribution in [0.15, 0.2) is 4.99 Å². The standard InChI is InChI=1S/C18H35N7O6S/c1-9(14(27)25-12(17(30)31)6-8-32-3)23-15(28)11(5-4-7-22-18(20)21)24-16(29)13(19)10(2)26/h9-13,26H,4-8,19H2,1-3H3,(H,23,28)(H,24,29)(H,25,27)(H,30,31)(H4,20,21,22). The minimum Gasteiger partial charge on any atom is -0.480 e. The summed E-state index contributed by atoms with van der Waals surface area (Å²) in [4.78, 5) is 52.3. The monoisotopic (exact) mass is 477 g/mol. The highest BCUT2D eigenvalue weighted by atomic mass is 32.2. The second-order valence-electron chi connectivity index (χ2n) is 7.19.